The molecule has 0 spiro atoms. The first-order chi connectivity index (χ1) is 27.2. The number of hydrogen-bond donors (Lipinski definition) is 0. The van der Waals surface area contributed by atoms with E-state index in [0.29, 0.717) is 11.1 Å². The minimum atomic E-state index is 0.605. The van der Waals surface area contributed by atoms with E-state index in [1.54, 1.807) is 0 Å². The lowest BCUT2D eigenvalue weighted by Gasteiger charge is -2.17. The molecule has 0 aliphatic carbocycles. The number of para-hydroxylation sites is 5. The van der Waals surface area contributed by atoms with E-state index in [4.69, 9.17) is 0 Å². The van der Waals surface area contributed by atoms with E-state index < -0.39 is 0 Å². The van der Waals surface area contributed by atoms with Gasteiger partial charge in [-0.25, -0.2) is 0 Å². The molecule has 3 aromatic heterocycles. The molecule has 0 aliphatic rings. The molecular formula is C50H29N5. The summed E-state index contributed by atoms with van der Waals surface area (Å²) in [4.78, 5) is 0. The Labute approximate surface area is 316 Å². The van der Waals surface area contributed by atoms with Gasteiger partial charge in [0.25, 0.3) is 0 Å². The first kappa shape index (κ1) is 30.7. The highest BCUT2D eigenvalue weighted by Crippen LogP contribution is 2.40. The van der Waals surface area contributed by atoms with Gasteiger partial charge in [-0.05, 0) is 84.4 Å². The summed E-state index contributed by atoms with van der Waals surface area (Å²) in [6.07, 6.45) is 0. The maximum atomic E-state index is 10.5. The molecule has 0 aliphatic heterocycles. The molecule has 3 heterocycles. The van der Waals surface area contributed by atoms with Gasteiger partial charge in [-0.2, -0.15) is 10.5 Å². The zero-order chi connectivity index (χ0) is 36.6. The highest BCUT2D eigenvalue weighted by Gasteiger charge is 2.21. The third-order valence-corrected chi connectivity index (χ3v) is 11.1. The van der Waals surface area contributed by atoms with E-state index in [9.17, 15) is 10.5 Å². The third kappa shape index (κ3) is 4.45. The Hall–Kier alpha value is -7.86. The fourth-order valence-corrected chi connectivity index (χ4v) is 8.78. The SMILES string of the molecule is N#Cc1ccc2c(c1)c1cc(-n3c4ccccc4c4ccccc43)ccc1n2-c1cccc(-c2cccc(C#N)c2-n2c3ccccc3c3ccccc32)c1. The van der Waals surface area contributed by atoms with Crippen LogP contribution in [0.2, 0.25) is 0 Å². The Bertz CT molecular complexity index is 3360. The second-order valence-corrected chi connectivity index (χ2v) is 14.0. The van der Waals surface area contributed by atoms with Crippen LogP contribution < -0.4 is 0 Å². The van der Waals surface area contributed by atoms with Crippen LogP contribution >= 0.6 is 0 Å². The number of fused-ring (bicyclic) bond motifs is 9. The quantitative estimate of drug-likeness (QED) is 0.184. The molecule has 8 aromatic carbocycles. The summed E-state index contributed by atoms with van der Waals surface area (Å²) >= 11 is 0. The average molecular weight is 700 g/mol. The molecular weight excluding hydrogens is 671 g/mol. The number of aromatic nitrogens is 3. The number of benzene rings is 8. The predicted octanol–water partition coefficient (Wildman–Crippen LogP) is 12.4. The van der Waals surface area contributed by atoms with Gasteiger partial charge < -0.3 is 13.7 Å². The van der Waals surface area contributed by atoms with E-state index in [2.05, 4.69) is 177 Å². The minimum Gasteiger partial charge on any atom is -0.309 e. The predicted molar refractivity (Wildman–Crippen MR) is 224 cm³/mol. The van der Waals surface area contributed by atoms with Crippen molar-refractivity contribution in [1.82, 2.24) is 13.7 Å². The zero-order valence-electron chi connectivity index (χ0n) is 29.5. The van der Waals surface area contributed by atoms with Crippen LogP contribution in [0.25, 0.3) is 93.6 Å². The van der Waals surface area contributed by atoms with Crippen molar-refractivity contribution in [3.63, 3.8) is 0 Å². The van der Waals surface area contributed by atoms with Gasteiger partial charge in [0.05, 0.1) is 56.0 Å². The molecule has 0 saturated heterocycles. The monoisotopic (exact) mass is 699 g/mol. The summed E-state index contributed by atoms with van der Waals surface area (Å²) in [6, 6.07) is 65.9. The molecule has 0 saturated carbocycles. The average Bonchev–Trinajstić information content (AvgIpc) is 3.88. The molecule has 0 amide bonds. The fourth-order valence-electron chi connectivity index (χ4n) is 8.78. The summed E-state index contributed by atoms with van der Waals surface area (Å²) in [7, 11) is 0. The molecule has 0 bridgehead atoms. The summed E-state index contributed by atoms with van der Waals surface area (Å²) in [5.41, 5.74) is 12.6. The third-order valence-electron chi connectivity index (χ3n) is 11.1. The van der Waals surface area contributed by atoms with E-state index >= 15 is 0 Å². The zero-order valence-corrected chi connectivity index (χ0v) is 29.5. The topological polar surface area (TPSA) is 62.4 Å². The lowest BCUT2D eigenvalue weighted by molar-refractivity contribution is 1.16. The van der Waals surface area contributed by atoms with Crippen molar-refractivity contribution < 1.29 is 0 Å². The summed E-state index contributed by atoms with van der Waals surface area (Å²) in [6.45, 7) is 0. The molecule has 0 radical (unpaired) electrons. The van der Waals surface area contributed by atoms with Gasteiger partial charge in [-0.15, -0.1) is 0 Å². The maximum Gasteiger partial charge on any atom is 0.101 e. The normalized spacial score (nSPS) is 11.6. The van der Waals surface area contributed by atoms with Crippen molar-refractivity contribution in [3.05, 3.63) is 187 Å². The van der Waals surface area contributed by atoms with Crippen LogP contribution in [0.5, 0.6) is 0 Å². The maximum absolute atomic E-state index is 10.5. The van der Waals surface area contributed by atoms with Gasteiger partial charge in [0, 0.05) is 49.3 Å². The molecule has 5 heteroatoms. The fraction of sp³-hybridized carbons (Fsp3) is 0. The lowest BCUT2D eigenvalue weighted by Crippen LogP contribution is -2.01. The number of hydrogen-bond acceptors (Lipinski definition) is 2. The van der Waals surface area contributed by atoms with Crippen LogP contribution in [0, 0.1) is 22.7 Å². The van der Waals surface area contributed by atoms with E-state index in [1.165, 1.54) is 10.8 Å². The Kier molecular flexibility index (Phi) is 6.61. The standard InChI is InChI=1S/C50H29N5/c51-30-32-23-25-48-42(27-32)43-29-36(54-44-19-5-1-14-38(44)39-15-2-6-20-45(39)54)24-26-49(43)53(48)35-13-9-11-33(28-35)37-18-10-12-34(31-52)50(37)55-46-21-7-3-16-40(46)41-17-4-8-22-47(41)55/h1-29H. The molecule has 5 nitrogen and oxygen atoms in total. The molecule has 55 heavy (non-hydrogen) atoms. The molecule has 11 aromatic rings. The molecule has 254 valence electrons. The number of nitrogens with zero attached hydrogens (tertiary/aromatic N) is 5. The van der Waals surface area contributed by atoms with Gasteiger partial charge in [0.15, 0.2) is 0 Å². The summed E-state index contributed by atoms with van der Waals surface area (Å²) in [5.74, 6) is 0. The van der Waals surface area contributed by atoms with Crippen LogP contribution in [0.1, 0.15) is 11.1 Å². The number of rotatable bonds is 4. The first-order valence-corrected chi connectivity index (χ1v) is 18.3. The summed E-state index contributed by atoms with van der Waals surface area (Å²) in [5, 5.41) is 27.3. The van der Waals surface area contributed by atoms with Crippen molar-refractivity contribution >= 4 is 65.4 Å². The van der Waals surface area contributed by atoms with Gasteiger partial charge in [0.2, 0.25) is 0 Å². The Morgan fingerprint density at radius 1 is 0.345 bits per heavy atom. The van der Waals surface area contributed by atoms with Crippen molar-refractivity contribution in [2.45, 2.75) is 0 Å². The van der Waals surface area contributed by atoms with Gasteiger partial charge in [0.1, 0.15) is 6.07 Å². The van der Waals surface area contributed by atoms with Crippen molar-refractivity contribution in [3.8, 4) is 40.3 Å². The van der Waals surface area contributed by atoms with Crippen molar-refractivity contribution in [1.29, 1.82) is 10.5 Å². The van der Waals surface area contributed by atoms with Crippen LogP contribution in [-0.2, 0) is 0 Å². The van der Waals surface area contributed by atoms with Crippen molar-refractivity contribution in [2.75, 3.05) is 0 Å². The molecule has 0 fully saturated rings. The first-order valence-electron chi connectivity index (χ1n) is 18.3. The molecule has 0 unspecified atom stereocenters. The number of nitriles is 2. The highest BCUT2D eigenvalue weighted by molar-refractivity contribution is 6.13. The molecule has 0 atom stereocenters. The highest BCUT2D eigenvalue weighted by atomic mass is 15.0. The van der Waals surface area contributed by atoms with Crippen LogP contribution in [0.4, 0.5) is 0 Å². The summed E-state index contributed by atoms with van der Waals surface area (Å²) < 4.78 is 6.87. The second-order valence-electron chi connectivity index (χ2n) is 14.0. The van der Waals surface area contributed by atoms with Crippen LogP contribution in [0.15, 0.2) is 176 Å². The van der Waals surface area contributed by atoms with E-state index in [-0.39, 0.29) is 0 Å². The Balaban J connectivity index is 1.15. The van der Waals surface area contributed by atoms with E-state index in [1.807, 2.05) is 24.3 Å². The largest absolute Gasteiger partial charge is 0.309 e. The van der Waals surface area contributed by atoms with Gasteiger partial charge in [-0.1, -0.05) is 97.1 Å². The minimum absolute atomic E-state index is 0.605. The lowest BCUT2D eigenvalue weighted by atomic mass is 9.99. The van der Waals surface area contributed by atoms with E-state index in [0.717, 1.165) is 82.8 Å². The molecule has 11 rings (SSSR count). The van der Waals surface area contributed by atoms with Crippen LogP contribution in [0.3, 0.4) is 0 Å². The molecule has 0 N–H and O–H groups in total. The Morgan fingerprint density at radius 2 is 0.836 bits per heavy atom. The smallest absolute Gasteiger partial charge is 0.101 e. The Morgan fingerprint density at radius 3 is 1.42 bits per heavy atom. The van der Waals surface area contributed by atoms with Crippen molar-refractivity contribution in [2.24, 2.45) is 0 Å². The van der Waals surface area contributed by atoms with Gasteiger partial charge in [-0.3, -0.25) is 0 Å². The van der Waals surface area contributed by atoms with Gasteiger partial charge >= 0.3 is 0 Å². The second kappa shape index (κ2) is 11.8. The van der Waals surface area contributed by atoms with Crippen LogP contribution in [-0.4, -0.2) is 13.7 Å².